The van der Waals surface area contributed by atoms with Gasteiger partial charge in [-0.1, -0.05) is 12.1 Å². The average molecular weight is 263 g/mol. The topological polar surface area (TPSA) is 49.8 Å². The van der Waals surface area contributed by atoms with Gasteiger partial charge in [-0.2, -0.15) is 0 Å². The maximum Gasteiger partial charge on any atom is 0.226 e. The van der Waals surface area contributed by atoms with Crippen LogP contribution in [0.15, 0.2) is 24.3 Å². The number of piperidine rings is 1. The molecule has 1 fully saturated rings. The molecule has 0 bridgehead atoms. The van der Waals surface area contributed by atoms with Crippen molar-refractivity contribution in [3.8, 4) is 5.75 Å². The van der Waals surface area contributed by atoms with Gasteiger partial charge in [0.25, 0.3) is 0 Å². The van der Waals surface area contributed by atoms with Gasteiger partial charge in [-0.25, -0.2) is 0 Å². The number of rotatable bonds is 4. The molecule has 0 aliphatic carbocycles. The molecule has 1 aromatic carbocycles. The minimum Gasteiger partial charge on any atom is -0.494 e. The lowest BCUT2D eigenvalue weighted by atomic mass is 10.1. The van der Waals surface area contributed by atoms with Crippen LogP contribution >= 0.6 is 0 Å². The van der Waals surface area contributed by atoms with E-state index >= 15 is 0 Å². The van der Waals surface area contributed by atoms with Gasteiger partial charge in [0, 0.05) is 13.1 Å². The highest BCUT2D eigenvalue weighted by molar-refractivity contribution is 5.79. The smallest absolute Gasteiger partial charge is 0.226 e. The summed E-state index contributed by atoms with van der Waals surface area (Å²) in [6.07, 6.45) is 1.53. The minimum absolute atomic E-state index is 0.126. The Morgan fingerprint density at radius 3 is 2.84 bits per heavy atom. The van der Waals surface area contributed by atoms with E-state index in [1.54, 1.807) is 0 Å². The predicted molar refractivity (Wildman–Crippen MR) is 73.1 cm³/mol. The Labute approximate surface area is 114 Å². The molecule has 0 aromatic heterocycles. The third-order valence-corrected chi connectivity index (χ3v) is 3.38. The number of amides is 1. The minimum atomic E-state index is -0.245. The van der Waals surface area contributed by atoms with Crippen molar-refractivity contribution in [2.45, 2.75) is 32.3 Å². The summed E-state index contributed by atoms with van der Waals surface area (Å²) >= 11 is 0. The van der Waals surface area contributed by atoms with E-state index in [2.05, 4.69) is 0 Å². The van der Waals surface area contributed by atoms with Crippen molar-refractivity contribution in [2.24, 2.45) is 0 Å². The van der Waals surface area contributed by atoms with E-state index in [-0.39, 0.29) is 12.0 Å². The number of carbonyl (C=O) groups excluding carboxylic acids is 1. The summed E-state index contributed by atoms with van der Waals surface area (Å²) in [5, 5.41) is 9.44. The second kappa shape index (κ2) is 6.57. The number of ether oxygens (including phenoxy) is 1. The van der Waals surface area contributed by atoms with Crippen LogP contribution in [0.5, 0.6) is 5.75 Å². The van der Waals surface area contributed by atoms with Crippen molar-refractivity contribution >= 4 is 5.91 Å². The number of aliphatic hydroxyl groups is 1. The van der Waals surface area contributed by atoms with E-state index in [1.165, 1.54) is 0 Å². The molecular formula is C15H21NO3. The summed E-state index contributed by atoms with van der Waals surface area (Å²) in [6.45, 7) is 3.88. The van der Waals surface area contributed by atoms with E-state index in [0.29, 0.717) is 39.0 Å². The van der Waals surface area contributed by atoms with Gasteiger partial charge in [-0.15, -0.1) is 0 Å². The lowest BCUT2D eigenvalue weighted by molar-refractivity contribution is -0.132. The SMILES string of the molecule is CCOc1cccc(CC(=O)N2CCC(O)CC2)c1. The molecule has 4 nitrogen and oxygen atoms in total. The van der Waals surface area contributed by atoms with E-state index < -0.39 is 0 Å². The van der Waals surface area contributed by atoms with Crippen molar-refractivity contribution < 1.29 is 14.6 Å². The second-order valence-corrected chi connectivity index (χ2v) is 4.87. The fourth-order valence-corrected chi connectivity index (χ4v) is 2.31. The zero-order valence-electron chi connectivity index (χ0n) is 11.3. The zero-order chi connectivity index (χ0) is 13.7. The second-order valence-electron chi connectivity index (χ2n) is 4.87. The molecule has 0 radical (unpaired) electrons. The largest absolute Gasteiger partial charge is 0.494 e. The number of likely N-dealkylation sites (tertiary alicyclic amines) is 1. The Bertz CT molecular complexity index is 425. The van der Waals surface area contributed by atoms with Crippen LogP contribution in [0.4, 0.5) is 0 Å². The molecule has 1 amide bonds. The predicted octanol–water partition coefficient (Wildman–Crippen LogP) is 1.61. The summed E-state index contributed by atoms with van der Waals surface area (Å²) in [6, 6.07) is 7.67. The molecule has 104 valence electrons. The summed E-state index contributed by atoms with van der Waals surface area (Å²) in [7, 11) is 0. The maximum absolute atomic E-state index is 12.1. The first-order chi connectivity index (χ1) is 9.19. The summed E-state index contributed by atoms with van der Waals surface area (Å²) < 4.78 is 5.43. The molecule has 1 aliphatic rings. The molecule has 1 aliphatic heterocycles. The van der Waals surface area contributed by atoms with Crippen LogP contribution in [0.25, 0.3) is 0 Å². The van der Waals surface area contributed by atoms with E-state index in [1.807, 2.05) is 36.1 Å². The number of carbonyl (C=O) groups is 1. The molecule has 1 aromatic rings. The maximum atomic E-state index is 12.1. The quantitative estimate of drug-likeness (QED) is 0.898. The highest BCUT2D eigenvalue weighted by Gasteiger charge is 2.21. The molecule has 1 heterocycles. The van der Waals surface area contributed by atoms with E-state index in [0.717, 1.165) is 11.3 Å². The molecule has 2 rings (SSSR count). The highest BCUT2D eigenvalue weighted by atomic mass is 16.5. The summed E-state index contributed by atoms with van der Waals surface area (Å²) in [5.74, 6) is 0.933. The van der Waals surface area contributed by atoms with Crippen molar-refractivity contribution in [1.82, 2.24) is 4.90 Å². The summed E-state index contributed by atoms with van der Waals surface area (Å²) in [5.41, 5.74) is 0.974. The van der Waals surface area contributed by atoms with E-state index in [4.69, 9.17) is 4.74 Å². The lowest BCUT2D eigenvalue weighted by Gasteiger charge is -2.29. The summed E-state index contributed by atoms with van der Waals surface area (Å²) in [4.78, 5) is 14.0. The normalized spacial score (nSPS) is 16.4. The number of benzene rings is 1. The molecule has 4 heteroatoms. The fourth-order valence-electron chi connectivity index (χ4n) is 2.31. The molecule has 1 saturated heterocycles. The van der Waals surface area contributed by atoms with Gasteiger partial charge >= 0.3 is 0 Å². The third-order valence-electron chi connectivity index (χ3n) is 3.38. The van der Waals surface area contributed by atoms with Crippen molar-refractivity contribution in [1.29, 1.82) is 0 Å². The molecule has 0 unspecified atom stereocenters. The van der Waals surface area contributed by atoms with Gasteiger partial charge in [0.15, 0.2) is 0 Å². The molecule has 1 N–H and O–H groups in total. The van der Waals surface area contributed by atoms with Crippen molar-refractivity contribution in [3.05, 3.63) is 29.8 Å². The fraction of sp³-hybridized carbons (Fsp3) is 0.533. The first kappa shape index (κ1) is 13.9. The van der Waals surface area contributed by atoms with Crippen LogP contribution in [0.3, 0.4) is 0 Å². The Morgan fingerprint density at radius 1 is 1.42 bits per heavy atom. The van der Waals surface area contributed by atoms with Gasteiger partial charge < -0.3 is 14.7 Å². The molecular weight excluding hydrogens is 242 g/mol. The van der Waals surface area contributed by atoms with Crippen molar-refractivity contribution in [2.75, 3.05) is 19.7 Å². The Kier molecular flexibility index (Phi) is 4.80. The van der Waals surface area contributed by atoms with Gasteiger partial charge in [0.05, 0.1) is 19.1 Å². The van der Waals surface area contributed by atoms with Crippen LogP contribution in [0.2, 0.25) is 0 Å². The van der Waals surface area contributed by atoms with Crippen LogP contribution in [-0.2, 0) is 11.2 Å². The van der Waals surface area contributed by atoms with Crippen LogP contribution < -0.4 is 4.74 Å². The standard InChI is InChI=1S/C15H21NO3/c1-2-19-14-5-3-4-12(10-14)11-15(18)16-8-6-13(17)7-9-16/h3-5,10,13,17H,2,6-9,11H2,1H3. The molecule has 0 atom stereocenters. The number of hydrogen-bond acceptors (Lipinski definition) is 3. The number of aliphatic hydroxyl groups excluding tert-OH is 1. The Hall–Kier alpha value is -1.55. The van der Waals surface area contributed by atoms with Crippen LogP contribution in [0.1, 0.15) is 25.3 Å². The lowest BCUT2D eigenvalue weighted by Crippen LogP contribution is -2.40. The van der Waals surface area contributed by atoms with Gasteiger partial charge in [-0.3, -0.25) is 4.79 Å². The third kappa shape index (κ3) is 3.96. The first-order valence-corrected chi connectivity index (χ1v) is 6.86. The number of hydrogen-bond donors (Lipinski definition) is 1. The van der Waals surface area contributed by atoms with E-state index in [9.17, 15) is 9.90 Å². The molecule has 0 saturated carbocycles. The Morgan fingerprint density at radius 2 is 2.16 bits per heavy atom. The van der Waals surface area contributed by atoms with Gasteiger partial charge in [0.2, 0.25) is 5.91 Å². The van der Waals surface area contributed by atoms with Crippen LogP contribution in [0, 0.1) is 0 Å². The Balaban J connectivity index is 1.93. The molecule has 0 spiro atoms. The highest BCUT2D eigenvalue weighted by Crippen LogP contribution is 2.16. The first-order valence-electron chi connectivity index (χ1n) is 6.86. The zero-order valence-corrected chi connectivity index (χ0v) is 11.3. The van der Waals surface area contributed by atoms with Crippen LogP contribution in [-0.4, -0.2) is 41.7 Å². The molecule has 19 heavy (non-hydrogen) atoms. The monoisotopic (exact) mass is 263 g/mol. The average Bonchev–Trinajstić information content (AvgIpc) is 2.40. The van der Waals surface area contributed by atoms with Gasteiger partial charge in [0.1, 0.15) is 5.75 Å². The number of nitrogens with zero attached hydrogens (tertiary/aromatic N) is 1. The van der Waals surface area contributed by atoms with Crippen molar-refractivity contribution in [3.63, 3.8) is 0 Å². The van der Waals surface area contributed by atoms with Gasteiger partial charge in [-0.05, 0) is 37.5 Å².